The molecule has 0 aromatic heterocycles. The van der Waals surface area contributed by atoms with Gasteiger partial charge in [-0.3, -0.25) is 4.79 Å². The molecule has 1 aliphatic rings. The first-order valence-corrected chi connectivity index (χ1v) is 7.71. The van der Waals surface area contributed by atoms with E-state index < -0.39 is 12.6 Å². The number of alkyl halides is 2. The zero-order valence-electron chi connectivity index (χ0n) is 12.6. The molecule has 1 fully saturated rings. The van der Waals surface area contributed by atoms with E-state index in [-0.39, 0.29) is 34.1 Å². The van der Waals surface area contributed by atoms with Crippen molar-refractivity contribution in [3.8, 4) is 5.75 Å². The van der Waals surface area contributed by atoms with Crippen molar-refractivity contribution >= 4 is 29.2 Å². The first-order chi connectivity index (χ1) is 10.7. The van der Waals surface area contributed by atoms with Crippen LogP contribution in [0.25, 0.3) is 0 Å². The van der Waals surface area contributed by atoms with E-state index in [1.54, 1.807) is 24.3 Å². The average molecular weight is 365 g/mol. The van der Waals surface area contributed by atoms with Gasteiger partial charge in [0.25, 0.3) is 0 Å². The number of benzene rings is 1. The van der Waals surface area contributed by atoms with Crippen LogP contribution < -0.4 is 4.74 Å². The first-order valence-electron chi connectivity index (χ1n) is 6.95. The second kappa shape index (κ2) is 7.05. The molecule has 1 aromatic carbocycles. The fourth-order valence-corrected chi connectivity index (χ4v) is 2.92. The number of hydrogen-bond donors (Lipinski definition) is 0. The van der Waals surface area contributed by atoms with Gasteiger partial charge >= 0.3 is 12.6 Å². The zero-order valence-corrected chi connectivity index (χ0v) is 14.1. The Balaban J connectivity index is 2.00. The van der Waals surface area contributed by atoms with Gasteiger partial charge in [0.15, 0.2) is 0 Å². The van der Waals surface area contributed by atoms with Crippen molar-refractivity contribution in [2.75, 3.05) is 0 Å². The molecule has 3 nitrogen and oxygen atoms in total. The minimum Gasteiger partial charge on any atom is -0.460 e. The van der Waals surface area contributed by atoms with E-state index in [4.69, 9.17) is 27.9 Å². The molecule has 0 heterocycles. The Morgan fingerprint density at radius 1 is 1.35 bits per heavy atom. The molecule has 2 atom stereocenters. The molecule has 0 amide bonds. The molecule has 0 spiro atoms. The summed E-state index contributed by atoms with van der Waals surface area (Å²) < 4.78 is 34.4. The highest BCUT2D eigenvalue weighted by Crippen LogP contribution is 2.60. The van der Waals surface area contributed by atoms with Crippen LogP contribution in [0, 0.1) is 17.3 Å². The largest absolute Gasteiger partial charge is 0.460 e. The monoisotopic (exact) mass is 364 g/mol. The Kier molecular flexibility index (Phi) is 5.53. The Morgan fingerprint density at radius 3 is 2.61 bits per heavy atom. The quantitative estimate of drug-likeness (QED) is 0.671. The maximum absolute atomic E-state index is 12.4. The van der Waals surface area contributed by atoms with Gasteiger partial charge in [0, 0.05) is 5.56 Å². The molecule has 0 N–H and O–H groups in total. The van der Waals surface area contributed by atoms with Crippen molar-refractivity contribution in [2.45, 2.75) is 27.1 Å². The maximum atomic E-state index is 12.4. The van der Waals surface area contributed by atoms with Gasteiger partial charge in [-0.1, -0.05) is 55.2 Å². The number of para-hydroxylation sites is 1. The zero-order chi connectivity index (χ0) is 17.2. The summed E-state index contributed by atoms with van der Waals surface area (Å²) in [5.74, 6) is -0.894. The summed E-state index contributed by atoms with van der Waals surface area (Å²) in [5.41, 5.74) is 0.0764. The van der Waals surface area contributed by atoms with Crippen molar-refractivity contribution in [2.24, 2.45) is 17.3 Å². The number of halogens is 4. The van der Waals surface area contributed by atoms with E-state index in [0.29, 0.717) is 5.56 Å². The predicted octanol–water partition coefficient (Wildman–Crippen LogP) is 4.92. The third-order valence-corrected chi connectivity index (χ3v) is 4.28. The lowest BCUT2D eigenvalue weighted by atomic mass is 10.1. The number of ether oxygens (including phenoxy) is 2. The smallest absolute Gasteiger partial charge is 0.387 e. The minimum absolute atomic E-state index is 0.00870. The van der Waals surface area contributed by atoms with Crippen molar-refractivity contribution < 1.29 is 23.0 Å². The molecular formula is C16H16Cl2F2O3. The van der Waals surface area contributed by atoms with Gasteiger partial charge in [-0.15, -0.1) is 0 Å². The lowest BCUT2D eigenvalue weighted by Gasteiger charge is -2.11. The lowest BCUT2D eigenvalue weighted by Crippen LogP contribution is -2.12. The van der Waals surface area contributed by atoms with Crippen LogP contribution in [0.5, 0.6) is 5.75 Å². The summed E-state index contributed by atoms with van der Waals surface area (Å²) in [4.78, 5) is 12.2. The van der Waals surface area contributed by atoms with E-state index in [1.165, 1.54) is 6.07 Å². The van der Waals surface area contributed by atoms with Crippen molar-refractivity contribution in [1.82, 2.24) is 0 Å². The molecule has 0 radical (unpaired) electrons. The van der Waals surface area contributed by atoms with E-state index >= 15 is 0 Å². The summed E-state index contributed by atoms with van der Waals surface area (Å²) in [5, 5.41) is 0. The molecule has 23 heavy (non-hydrogen) atoms. The molecule has 1 aromatic rings. The molecule has 0 aliphatic heterocycles. The van der Waals surface area contributed by atoms with Crippen LogP contribution in [0.4, 0.5) is 8.78 Å². The van der Waals surface area contributed by atoms with Crippen molar-refractivity contribution in [3.05, 3.63) is 40.4 Å². The standard InChI is InChI=1S/C16H16Cl2F2O3/c1-16(2)10(7-12(17)18)13(16)14(21)22-8-9-5-3-4-6-11(9)23-15(19)20/h3-7,10,13,15H,8H2,1-2H3. The summed E-state index contributed by atoms with van der Waals surface area (Å²) >= 11 is 11.3. The molecular weight excluding hydrogens is 349 g/mol. The number of allylic oxidation sites excluding steroid dienone is 1. The second-order valence-electron chi connectivity index (χ2n) is 5.88. The number of esters is 1. The number of carbonyl (C=O) groups excluding carboxylic acids is 1. The third kappa shape index (κ3) is 4.36. The summed E-state index contributed by atoms with van der Waals surface area (Å²) in [6, 6.07) is 6.18. The van der Waals surface area contributed by atoms with Gasteiger partial charge in [-0.25, -0.2) is 0 Å². The molecule has 0 saturated heterocycles. The Hall–Kier alpha value is -1.33. The van der Waals surface area contributed by atoms with Gasteiger partial charge in [0.1, 0.15) is 16.8 Å². The van der Waals surface area contributed by atoms with Gasteiger partial charge in [-0.2, -0.15) is 8.78 Å². The van der Waals surface area contributed by atoms with Crippen LogP contribution in [0.2, 0.25) is 0 Å². The number of rotatable bonds is 6. The maximum Gasteiger partial charge on any atom is 0.387 e. The Labute approximate surface area is 143 Å². The normalized spacial score (nSPS) is 21.7. The molecule has 2 unspecified atom stereocenters. The van der Waals surface area contributed by atoms with Crippen molar-refractivity contribution in [3.63, 3.8) is 0 Å². The molecule has 2 rings (SSSR count). The highest BCUT2D eigenvalue weighted by molar-refractivity contribution is 6.55. The fraction of sp³-hybridized carbons (Fsp3) is 0.438. The Morgan fingerprint density at radius 2 is 2.00 bits per heavy atom. The number of hydrogen-bond acceptors (Lipinski definition) is 3. The third-order valence-electron chi connectivity index (χ3n) is 4.03. The predicted molar refractivity (Wildman–Crippen MR) is 83.4 cm³/mol. The van der Waals surface area contributed by atoms with Crippen LogP contribution in [0.1, 0.15) is 19.4 Å². The van der Waals surface area contributed by atoms with Gasteiger partial charge in [0.05, 0.1) is 5.92 Å². The Bertz CT molecular complexity index is 613. The molecule has 7 heteroatoms. The van der Waals surface area contributed by atoms with Crippen LogP contribution in [0.3, 0.4) is 0 Å². The van der Waals surface area contributed by atoms with Gasteiger partial charge in [0.2, 0.25) is 0 Å². The lowest BCUT2D eigenvalue weighted by molar-refractivity contribution is -0.147. The molecule has 126 valence electrons. The highest BCUT2D eigenvalue weighted by Gasteiger charge is 2.61. The van der Waals surface area contributed by atoms with Crippen LogP contribution in [0.15, 0.2) is 34.8 Å². The van der Waals surface area contributed by atoms with E-state index in [9.17, 15) is 13.6 Å². The number of carbonyl (C=O) groups is 1. The molecule has 1 saturated carbocycles. The second-order valence-corrected chi connectivity index (χ2v) is 6.88. The van der Waals surface area contributed by atoms with E-state index in [0.717, 1.165) is 0 Å². The topological polar surface area (TPSA) is 35.5 Å². The summed E-state index contributed by atoms with van der Waals surface area (Å²) in [6.45, 7) is 0.740. The van der Waals surface area contributed by atoms with Gasteiger partial charge < -0.3 is 9.47 Å². The van der Waals surface area contributed by atoms with Crippen LogP contribution >= 0.6 is 23.2 Å². The summed E-state index contributed by atoms with van der Waals surface area (Å²) in [6.07, 6.45) is 1.61. The fourth-order valence-electron chi connectivity index (χ4n) is 2.65. The van der Waals surface area contributed by atoms with Crippen LogP contribution in [-0.2, 0) is 16.1 Å². The average Bonchev–Trinajstić information content (AvgIpc) is 2.97. The molecule has 1 aliphatic carbocycles. The van der Waals surface area contributed by atoms with E-state index in [2.05, 4.69) is 4.74 Å². The van der Waals surface area contributed by atoms with Crippen molar-refractivity contribution in [1.29, 1.82) is 0 Å². The SMILES string of the molecule is CC1(C)C(C=C(Cl)Cl)C1C(=O)OCc1ccccc1OC(F)F. The highest BCUT2D eigenvalue weighted by atomic mass is 35.5. The summed E-state index contributed by atoms with van der Waals surface area (Å²) in [7, 11) is 0. The minimum atomic E-state index is -2.94. The van der Waals surface area contributed by atoms with Crippen LogP contribution in [-0.4, -0.2) is 12.6 Å². The molecule has 0 bridgehead atoms. The van der Waals surface area contributed by atoms with Gasteiger partial charge in [-0.05, 0) is 23.5 Å². The first kappa shape index (κ1) is 18.0. The van der Waals surface area contributed by atoms with E-state index in [1.807, 2.05) is 13.8 Å².